The Kier molecular flexibility index (Phi) is 8.24. The Bertz CT molecular complexity index is 2970. The van der Waals surface area contributed by atoms with Gasteiger partial charge in [-0.3, -0.25) is 0 Å². The second-order valence-electron chi connectivity index (χ2n) is 14.1. The minimum absolute atomic E-state index is 1.10. The molecule has 55 heavy (non-hydrogen) atoms. The SMILES string of the molecule is c1ccc(-c2ccccc2-c2ccccc2-c2ccccc2N(c2ccc(-c3cccc4ccccc34)cc2)c2ccc3c(ccc4ccccc43)c2)cc1. The maximum atomic E-state index is 2.43. The molecule has 0 saturated carbocycles. The van der Waals surface area contributed by atoms with Crippen LogP contribution in [0.4, 0.5) is 17.1 Å². The first kappa shape index (κ1) is 32.4. The van der Waals surface area contributed by atoms with E-state index < -0.39 is 0 Å². The average Bonchev–Trinajstić information content (AvgIpc) is 3.27. The molecule has 1 heteroatoms. The molecular weight excluding hydrogens is 663 g/mol. The standard InChI is InChI=1S/C54H37N/c1-2-15-38(16-3-1)48-22-8-9-23-50(48)51-24-10-11-25-52(51)53-26-12-13-28-54(53)55(44-35-36-49-42(37-44)30-29-40-18-5-7-21-46(40)49)43-33-31-41(32-34-43)47-27-14-19-39-17-4-6-20-45(39)47/h1-37H. The zero-order chi connectivity index (χ0) is 36.6. The maximum absolute atomic E-state index is 2.43. The summed E-state index contributed by atoms with van der Waals surface area (Å²) in [5.41, 5.74) is 12.9. The third kappa shape index (κ3) is 5.93. The van der Waals surface area contributed by atoms with E-state index in [1.54, 1.807) is 0 Å². The summed E-state index contributed by atoms with van der Waals surface area (Å²) in [4.78, 5) is 2.43. The Morgan fingerprint density at radius 1 is 0.236 bits per heavy atom. The lowest BCUT2D eigenvalue weighted by atomic mass is 9.88. The van der Waals surface area contributed by atoms with Gasteiger partial charge in [-0.25, -0.2) is 0 Å². The molecule has 10 aromatic rings. The van der Waals surface area contributed by atoms with E-state index in [1.165, 1.54) is 71.3 Å². The largest absolute Gasteiger partial charge is 0.310 e. The summed E-state index contributed by atoms with van der Waals surface area (Å²) in [5, 5.41) is 7.49. The minimum Gasteiger partial charge on any atom is -0.310 e. The van der Waals surface area contributed by atoms with E-state index in [-0.39, 0.29) is 0 Å². The van der Waals surface area contributed by atoms with Crippen molar-refractivity contribution >= 4 is 49.4 Å². The first-order valence-corrected chi connectivity index (χ1v) is 18.9. The summed E-state index contributed by atoms with van der Waals surface area (Å²) >= 11 is 0. The van der Waals surface area contributed by atoms with Gasteiger partial charge >= 0.3 is 0 Å². The van der Waals surface area contributed by atoms with Crippen molar-refractivity contribution < 1.29 is 0 Å². The number of benzene rings is 10. The van der Waals surface area contributed by atoms with Gasteiger partial charge in [0.25, 0.3) is 0 Å². The van der Waals surface area contributed by atoms with E-state index in [4.69, 9.17) is 0 Å². The fourth-order valence-electron chi connectivity index (χ4n) is 8.27. The highest BCUT2D eigenvalue weighted by Gasteiger charge is 2.21. The molecule has 0 aliphatic carbocycles. The lowest BCUT2D eigenvalue weighted by Crippen LogP contribution is -2.11. The van der Waals surface area contributed by atoms with Crippen molar-refractivity contribution in [1.82, 2.24) is 0 Å². The van der Waals surface area contributed by atoms with Crippen molar-refractivity contribution in [1.29, 1.82) is 0 Å². The van der Waals surface area contributed by atoms with Crippen molar-refractivity contribution in [3.63, 3.8) is 0 Å². The van der Waals surface area contributed by atoms with Crippen LogP contribution < -0.4 is 4.90 Å². The fraction of sp³-hybridized carbons (Fsp3) is 0. The highest BCUT2D eigenvalue weighted by atomic mass is 15.1. The summed E-state index contributed by atoms with van der Waals surface area (Å²) in [6.07, 6.45) is 0. The summed E-state index contributed by atoms with van der Waals surface area (Å²) in [7, 11) is 0. The van der Waals surface area contributed by atoms with Gasteiger partial charge in [0.15, 0.2) is 0 Å². The Morgan fingerprint density at radius 3 is 1.47 bits per heavy atom. The number of nitrogens with zero attached hydrogens (tertiary/aromatic N) is 1. The average molecular weight is 700 g/mol. The summed E-state index contributed by atoms with van der Waals surface area (Å²) in [6.45, 7) is 0. The normalized spacial score (nSPS) is 11.3. The van der Waals surface area contributed by atoms with Crippen molar-refractivity contribution in [2.75, 3.05) is 4.90 Å². The maximum Gasteiger partial charge on any atom is 0.0540 e. The second-order valence-corrected chi connectivity index (χ2v) is 14.1. The quantitative estimate of drug-likeness (QED) is 0.150. The summed E-state index contributed by atoms with van der Waals surface area (Å²) < 4.78 is 0. The van der Waals surface area contributed by atoms with E-state index in [0.717, 1.165) is 22.6 Å². The predicted molar refractivity (Wildman–Crippen MR) is 235 cm³/mol. The van der Waals surface area contributed by atoms with Crippen LogP contribution in [-0.2, 0) is 0 Å². The number of rotatable bonds is 7. The molecule has 0 saturated heterocycles. The summed E-state index contributed by atoms with van der Waals surface area (Å²) in [6, 6.07) is 81.5. The van der Waals surface area contributed by atoms with Gasteiger partial charge in [-0.1, -0.05) is 194 Å². The highest BCUT2D eigenvalue weighted by Crippen LogP contribution is 2.46. The number of fused-ring (bicyclic) bond motifs is 4. The molecule has 0 heterocycles. The van der Waals surface area contributed by atoms with E-state index in [2.05, 4.69) is 229 Å². The molecule has 0 radical (unpaired) electrons. The zero-order valence-corrected chi connectivity index (χ0v) is 30.3. The van der Waals surface area contributed by atoms with Crippen LogP contribution in [-0.4, -0.2) is 0 Å². The number of anilines is 3. The van der Waals surface area contributed by atoms with Crippen LogP contribution >= 0.6 is 0 Å². The molecule has 1 nitrogen and oxygen atoms in total. The molecule has 10 rings (SSSR count). The lowest BCUT2D eigenvalue weighted by molar-refractivity contribution is 1.29. The molecule has 0 fully saturated rings. The van der Waals surface area contributed by atoms with Gasteiger partial charge in [-0.05, 0) is 102 Å². The van der Waals surface area contributed by atoms with Gasteiger partial charge in [-0.2, -0.15) is 0 Å². The molecule has 0 unspecified atom stereocenters. The van der Waals surface area contributed by atoms with Gasteiger partial charge in [0, 0.05) is 16.9 Å². The van der Waals surface area contributed by atoms with Crippen molar-refractivity contribution in [2.24, 2.45) is 0 Å². The molecule has 0 N–H and O–H groups in total. The van der Waals surface area contributed by atoms with Crippen LogP contribution in [0.2, 0.25) is 0 Å². The molecule has 0 aliphatic heterocycles. The van der Waals surface area contributed by atoms with Crippen LogP contribution in [0, 0.1) is 0 Å². The smallest absolute Gasteiger partial charge is 0.0540 e. The minimum atomic E-state index is 1.10. The second kappa shape index (κ2) is 14.0. The zero-order valence-electron chi connectivity index (χ0n) is 30.3. The van der Waals surface area contributed by atoms with E-state index in [0.29, 0.717) is 0 Å². The van der Waals surface area contributed by atoms with Gasteiger partial charge in [0.2, 0.25) is 0 Å². The molecule has 10 aromatic carbocycles. The van der Waals surface area contributed by atoms with Crippen LogP contribution in [0.15, 0.2) is 224 Å². The topological polar surface area (TPSA) is 3.24 Å². The number of para-hydroxylation sites is 1. The monoisotopic (exact) mass is 699 g/mol. The van der Waals surface area contributed by atoms with Crippen molar-refractivity contribution in [2.45, 2.75) is 0 Å². The Morgan fingerprint density at radius 2 is 0.709 bits per heavy atom. The first-order valence-electron chi connectivity index (χ1n) is 18.9. The van der Waals surface area contributed by atoms with Gasteiger partial charge in [0.05, 0.1) is 5.69 Å². The van der Waals surface area contributed by atoms with Crippen LogP contribution in [0.5, 0.6) is 0 Å². The number of hydrogen-bond acceptors (Lipinski definition) is 1. The Labute approximate surface area is 322 Å². The van der Waals surface area contributed by atoms with E-state index >= 15 is 0 Å². The van der Waals surface area contributed by atoms with Crippen LogP contribution in [0.3, 0.4) is 0 Å². The Hall–Kier alpha value is -7.22. The third-order valence-electron chi connectivity index (χ3n) is 10.9. The van der Waals surface area contributed by atoms with Crippen molar-refractivity contribution in [3.05, 3.63) is 224 Å². The molecule has 0 aliphatic rings. The first-order chi connectivity index (χ1) is 27.3. The van der Waals surface area contributed by atoms with Gasteiger partial charge in [0.1, 0.15) is 0 Å². The molecule has 0 bridgehead atoms. The molecular formula is C54H37N. The van der Waals surface area contributed by atoms with E-state index in [9.17, 15) is 0 Å². The highest BCUT2D eigenvalue weighted by molar-refractivity contribution is 6.09. The van der Waals surface area contributed by atoms with E-state index in [1.807, 2.05) is 0 Å². The lowest BCUT2D eigenvalue weighted by Gasteiger charge is -2.29. The molecule has 0 amide bonds. The summed E-state index contributed by atoms with van der Waals surface area (Å²) in [5.74, 6) is 0. The van der Waals surface area contributed by atoms with Crippen LogP contribution in [0.25, 0.3) is 76.8 Å². The Balaban J connectivity index is 1.17. The van der Waals surface area contributed by atoms with Gasteiger partial charge in [-0.15, -0.1) is 0 Å². The molecule has 0 spiro atoms. The molecule has 0 aromatic heterocycles. The molecule has 0 atom stereocenters. The number of hydrogen-bond donors (Lipinski definition) is 0. The third-order valence-corrected chi connectivity index (χ3v) is 10.9. The van der Waals surface area contributed by atoms with Crippen molar-refractivity contribution in [3.8, 4) is 44.5 Å². The molecule has 258 valence electrons. The van der Waals surface area contributed by atoms with Crippen LogP contribution in [0.1, 0.15) is 0 Å². The predicted octanol–water partition coefficient (Wildman–Crippen LogP) is 15.3. The van der Waals surface area contributed by atoms with Gasteiger partial charge < -0.3 is 4.90 Å². The fourth-order valence-corrected chi connectivity index (χ4v) is 8.27.